The molecule has 4 rings (SSSR count). The normalized spacial score (nSPS) is 15.2. The minimum Gasteiger partial charge on any atom is -0.356 e. The summed E-state index contributed by atoms with van der Waals surface area (Å²) in [6.45, 7) is 6.67. The number of amides is 1. The summed E-state index contributed by atoms with van der Waals surface area (Å²) >= 11 is 1.73. The number of aryl methyl sites for hydroxylation is 2. The lowest BCUT2D eigenvalue weighted by Crippen LogP contribution is -2.41. The highest BCUT2D eigenvalue weighted by Gasteiger charge is 2.29. The van der Waals surface area contributed by atoms with Gasteiger partial charge < -0.3 is 9.80 Å². The van der Waals surface area contributed by atoms with Gasteiger partial charge >= 0.3 is 0 Å². The third-order valence-corrected chi connectivity index (χ3v) is 6.84. The molecule has 0 atom stereocenters. The molecule has 6 heteroatoms. The number of aromatic nitrogens is 2. The first-order chi connectivity index (χ1) is 13.5. The summed E-state index contributed by atoms with van der Waals surface area (Å²) in [7, 11) is 1.91. The van der Waals surface area contributed by atoms with E-state index in [2.05, 4.69) is 40.8 Å². The summed E-state index contributed by atoms with van der Waals surface area (Å²) in [5, 5.41) is 1.18. The van der Waals surface area contributed by atoms with Crippen LogP contribution >= 0.6 is 11.3 Å². The number of hydrogen-bond acceptors (Lipinski definition) is 5. The van der Waals surface area contributed by atoms with E-state index >= 15 is 0 Å². The van der Waals surface area contributed by atoms with Crippen molar-refractivity contribution in [1.29, 1.82) is 0 Å². The number of nitrogens with zero attached hydrogens (tertiary/aromatic N) is 4. The molecule has 0 aliphatic carbocycles. The van der Waals surface area contributed by atoms with Crippen LogP contribution in [-0.4, -0.2) is 40.9 Å². The van der Waals surface area contributed by atoms with Gasteiger partial charge in [0.2, 0.25) is 5.91 Å². The topological polar surface area (TPSA) is 49.3 Å². The lowest BCUT2D eigenvalue weighted by Gasteiger charge is -2.34. The predicted octanol–water partition coefficient (Wildman–Crippen LogP) is 4.18. The van der Waals surface area contributed by atoms with E-state index in [4.69, 9.17) is 0 Å². The van der Waals surface area contributed by atoms with E-state index in [1.165, 1.54) is 21.4 Å². The van der Waals surface area contributed by atoms with Gasteiger partial charge in [-0.2, -0.15) is 0 Å². The Hall–Kier alpha value is -2.47. The van der Waals surface area contributed by atoms with Crippen molar-refractivity contribution in [3.05, 3.63) is 52.7 Å². The number of anilines is 1. The number of benzene rings is 1. The highest BCUT2D eigenvalue weighted by molar-refractivity contribution is 7.18. The molecule has 146 valence electrons. The number of thiophene rings is 1. The molecule has 0 bridgehead atoms. The van der Waals surface area contributed by atoms with E-state index in [9.17, 15) is 4.79 Å². The summed E-state index contributed by atoms with van der Waals surface area (Å²) in [4.78, 5) is 28.5. The summed E-state index contributed by atoms with van der Waals surface area (Å²) in [5.74, 6) is 1.36. The standard InChI is InChI=1S/C22H26N4OS/c1-15-16(2)28-21-19(15)20(23-14-24-21)26-11-9-18(10-12-26)22(27)25(3)13-17-7-5-4-6-8-17/h4-8,14,18H,9-13H2,1-3H3. The molecule has 2 aromatic heterocycles. The average Bonchev–Trinajstić information content (AvgIpc) is 3.02. The van der Waals surface area contributed by atoms with Crippen LogP contribution in [-0.2, 0) is 11.3 Å². The van der Waals surface area contributed by atoms with Gasteiger partial charge in [-0.1, -0.05) is 30.3 Å². The van der Waals surface area contributed by atoms with Gasteiger partial charge in [-0.15, -0.1) is 11.3 Å². The van der Waals surface area contributed by atoms with Crippen molar-refractivity contribution in [1.82, 2.24) is 14.9 Å². The molecule has 1 aliphatic heterocycles. The van der Waals surface area contributed by atoms with Crippen molar-refractivity contribution < 1.29 is 4.79 Å². The van der Waals surface area contributed by atoms with E-state index in [1.807, 2.05) is 30.1 Å². The Morgan fingerprint density at radius 3 is 2.61 bits per heavy atom. The fraction of sp³-hybridized carbons (Fsp3) is 0.409. The third-order valence-electron chi connectivity index (χ3n) is 5.73. The lowest BCUT2D eigenvalue weighted by atomic mass is 9.95. The molecule has 1 fully saturated rings. The van der Waals surface area contributed by atoms with Crippen molar-refractivity contribution in [3.8, 4) is 0 Å². The molecule has 0 radical (unpaired) electrons. The van der Waals surface area contributed by atoms with Crippen LogP contribution in [0.15, 0.2) is 36.7 Å². The Morgan fingerprint density at radius 1 is 1.18 bits per heavy atom. The van der Waals surface area contributed by atoms with Crippen LogP contribution < -0.4 is 4.90 Å². The minimum atomic E-state index is 0.0904. The van der Waals surface area contributed by atoms with Gasteiger partial charge in [0.15, 0.2) is 0 Å². The molecule has 0 N–H and O–H groups in total. The third kappa shape index (κ3) is 3.61. The molecular weight excluding hydrogens is 368 g/mol. The Morgan fingerprint density at radius 2 is 1.89 bits per heavy atom. The van der Waals surface area contributed by atoms with E-state index in [0.717, 1.165) is 36.6 Å². The van der Waals surface area contributed by atoms with Crippen LogP contribution in [0.3, 0.4) is 0 Å². The summed E-state index contributed by atoms with van der Waals surface area (Å²) in [6, 6.07) is 10.2. The molecule has 0 spiro atoms. The first-order valence-electron chi connectivity index (χ1n) is 9.79. The van der Waals surface area contributed by atoms with Crippen molar-refractivity contribution >= 4 is 33.3 Å². The van der Waals surface area contributed by atoms with Gasteiger partial charge in [0.1, 0.15) is 17.0 Å². The number of rotatable bonds is 4. The number of fused-ring (bicyclic) bond motifs is 1. The maximum atomic E-state index is 12.9. The van der Waals surface area contributed by atoms with Gasteiger partial charge in [0, 0.05) is 37.5 Å². The Labute approximate surface area is 170 Å². The zero-order valence-corrected chi connectivity index (χ0v) is 17.5. The fourth-order valence-electron chi connectivity index (χ4n) is 3.99. The van der Waals surface area contributed by atoms with Gasteiger partial charge in [-0.3, -0.25) is 4.79 Å². The minimum absolute atomic E-state index is 0.0904. The van der Waals surface area contributed by atoms with Crippen molar-refractivity contribution in [2.75, 3.05) is 25.0 Å². The first kappa shape index (κ1) is 18.9. The average molecular weight is 395 g/mol. The van der Waals surface area contributed by atoms with Crippen molar-refractivity contribution in [2.24, 2.45) is 5.92 Å². The molecule has 1 aliphatic rings. The number of hydrogen-bond donors (Lipinski definition) is 0. The van der Waals surface area contributed by atoms with Crippen LogP contribution in [0.4, 0.5) is 5.82 Å². The smallest absolute Gasteiger partial charge is 0.225 e. The molecule has 3 aromatic rings. The van der Waals surface area contributed by atoms with Crippen LogP contribution in [0, 0.1) is 19.8 Å². The summed E-state index contributed by atoms with van der Waals surface area (Å²) in [5.41, 5.74) is 2.44. The molecular formula is C22H26N4OS. The second-order valence-corrected chi connectivity index (χ2v) is 8.81. The van der Waals surface area contributed by atoms with E-state index in [-0.39, 0.29) is 11.8 Å². The van der Waals surface area contributed by atoms with Crippen LogP contribution in [0.25, 0.3) is 10.2 Å². The first-order valence-corrected chi connectivity index (χ1v) is 10.6. The zero-order valence-electron chi connectivity index (χ0n) is 16.7. The Bertz CT molecular complexity index is 977. The molecule has 0 saturated carbocycles. The quantitative estimate of drug-likeness (QED) is 0.666. The van der Waals surface area contributed by atoms with Gasteiger partial charge in [-0.25, -0.2) is 9.97 Å². The number of carbonyl (C=O) groups excluding carboxylic acids is 1. The number of carbonyl (C=O) groups is 1. The molecule has 1 aromatic carbocycles. The zero-order chi connectivity index (χ0) is 19.7. The second kappa shape index (κ2) is 7.87. The van der Waals surface area contributed by atoms with Crippen LogP contribution in [0.2, 0.25) is 0 Å². The highest BCUT2D eigenvalue weighted by atomic mass is 32.1. The maximum Gasteiger partial charge on any atom is 0.225 e. The molecule has 3 heterocycles. The molecule has 1 saturated heterocycles. The van der Waals surface area contributed by atoms with Gasteiger partial charge in [0.25, 0.3) is 0 Å². The second-order valence-electron chi connectivity index (χ2n) is 7.60. The molecule has 28 heavy (non-hydrogen) atoms. The van der Waals surface area contributed by atoms with Crippen molar-refractivity contribution in [3.63, 3.8) is 0 Å². The Kier molecular flexibility index (Phi) is 5.31. The van der Waals surface area contributed by atoms with Crippen LogP contribution in [0.1, 0.15) is 28.8 Å². The summed E-state index contributed by atoms with van der Waals surface area (Å²) < 4.78 is 0. The SMILES string of the molecule is Cc1sc2ncnc(N3CCC(C(=O)N(C)Cc4ccccc4)CC3)c2c1C. The monoisotopic (exact) mass is 394 g/mol. The van der Waals surface area contributed by atoms with Gasteiger partial charge in [0.05, 0.1) is 5.39 Å². The van der Waals surface area contributed by atoms with Crippen LogP contribution in [0.5, 0.6) is 0 Å². The Balaban J connectivity index is 1.43. The fourth-order valence-corrected chi connectivity index (χ4v) is 4.98. The van der Waals surface area contributed by atoms with Crippen molar-refractivity contribution in [2.45, 2.75) is 33.2 Å². The van der Waals surface area contributed by atoms with E-state index < -0.39 is 0 Å². The molecule has 1 amide bonds. The lowest BCUT2D eigenvalue weighted by molar-refractivity contribution is -0.135. The van der Waals surface area contributed by atoms with E-state index in [1.54, 1.807) is 17.7 Å². The molecule has 0 unspecified atom stereocenters. The summed E-state index contributed by atoms with van der Waals surface area (Å²) in [6.07, 6.45) is 3.40. The molecule has 5 nitrogen and oxygen atoms in total. The highest BCUT2D eigenvalue weighted by Crippen LogP contribution is 2.35. The van der Waals surface area contributed by atoms with Gasteiger partial charge in [-0.05, 0) is 37.8 Å². The number of piperidine rings is 1. The predicted molar refractivity (Wildman–Crippen MR) is 115 cm³/mol. The van der Waals surface area contributed by atoms with E-state index in [0.29, 0.717) is 6.54 Å². The maximum absolute atomic E-state index is 12.9. The largest absolute Gasteiger partial charge is 0.356 e.